The van der Waals surface area contributed by atoms with E-state index in [0.717, 1.165) is 16.6 Å². The summed E-state index contributed by atoms with van der Waals surface area (Å²) < 4.78 is 44.1. The quantitative estimate of drug-likeness (QED) is 0.548. The van der Waals surface area contributed by atoms with Gasteiger partial charge in [0.05, 0.1) is 13.4 Å². The van der Waals surface area contributed by atoms with E-state index in [9.17, 15) is 27.2 Å². The zero-order valence-electron chi connectivity index (χ0n) is 18.7. The van der Waals surface area contributed by atoms with Crippen molar-refractivity contribution in [3.05, 3.63) is 65.7 Å². The maximum absolute atomic E-state index is 13.6. The van der Waals surface area contributed by atoms with E-state index in [1.165, 1.54) is 36.4 Å². The van der Waals surface area contributed by atoms with Crippen molar-refractivity contribution in [2.24, 2.45) is 0 Å². The first-order valence-electron chi connectivity index (χ1n) is 10.4. The number of piperazine rings is 1. The van der Waals surface area contributed by atoms with Crippen LogP contribution < -0.4 is 5.32 Å². The summed E-state index contributed by atoms with van der Waals surface area (Å²) in [6.45, 7) is -0.388. The van der Waals surface area contributed by atoms with E-state index in [0.29, 0.717) is 5.56 Å². The summed E-state index contributed by atoms with van der Waals surface area (Å²) in [4.78, 5) is 43.6. The Morgan fingerprint density at radius 3 is 2.62 bits per heavy atom. The topological polar surface area (TPSA) is 126 Å². The predicted molar refractivity (Wildman–Crippen MR) is 120 cm³/mol. The number of hydrogen-bond acceptors (Lipinski definition) is 7. The van der Waals surface area contributed by atoms with Crippen molar-refractivity contribution in [2.45, 2.75) is 18.5 Å². The van der Waals surface area contributed by atoms with Gasteiger partial charge in [0.2, 0.25) is 15.9 Å². The maximum Gasteiger partial charge on any atom is 0.328 e. The van der Waals surface area contributed by atoms with Gasteiger partial charge in [0.25, 0.3) is 5.91 Å². The van der Waals surface area contributed by atoms with Gasteiger partial charge in [0.15, 0.2) is 0 Å². The minimum atomic E-state index is -3.81. The molecule has 1 aromatic carbocycles. The van der Waals surface area contributed by atoms with Gasteiger partial charge in [-0.15, -0.1) is 0 Å². The minimum absolute atomic E-state index is 0.0162. The predicted octanol–water partition coefficient (Wildman–Crippen LogP) is 0.207. The normalized spacial score (nSPS) is 17.6. The van der Waals surface area contributed by atoms with Crippen molar-refractivity contribution in [2.75, 3.05) is 33.0 Å². The van der Waals surface area contributed by atoms with Crippen LogP contribution in [0.15, 0.2) is 48.8 Å². The number of ether oxygens (including phenoxy) is 1. The lowest BCUT2D eigenvalue weighted by Crippen LogP contribution is -2.62. The van der Waals surface area contributed by atoms with Crippen LogP contribution in [0.2, 0.25) is 0 Å². The third-order valence-electron chi connectivity index (χ3n) is 5.38. The molecule has 0 aliphatic carbocycles. The first-order valence-corrected chi connectivity index (χ1v) is 12.2. The van der Waals surface area contributed by atoms with Crippen LogP contribution in [-0.4, -0.2) is 85.5 Å². The third-order valence-corrected chi connectivity index (χ3v) is 6.67. The van der Waals surface area contributed by atoms with Crippen LogP contribution in [0.4, 0.5) is 4.39 Å². The molecule has 1 N–H and O–H groups in total. The molecule has 34 heavy (non-hydrogen) atoms. The van der Waals surface area contributed by atoms with Crippen LogP contribution in [0, 0.1) is 5.82 Å². The van der Waals surface area contributed by atoms with Gasteiger partial charge in [-0.2, -0.15) is 4.31 Å². The van der Waals surface area contributed by atoms with E-state index in [-0.39, 0.29) is 31.6 Å². The highest BCUT2D eigenvalue weighted by molar-refractivity contribution is 7.88. The Bertz CT molecular complexity index is 1160. The summed E-state index contributed by atoms with van der Waals surface area (Å²) in [5, 5.41) is 2.55. The summed E-state index contributed by atoms with van der Waals surface area (Å²) in [7, 11) is -2.64. The van der Waals surface area contributed by atoms with Crippen molar-refractivity contribution < 1.29 is 31.9 Å². The highest BCUT2D eigenvalue weighted by Crippen LogP contribution is 2.18. The number of benzene rings is 1. The first kappa shape index (κ1) is 25.2. The van der Waals surface area contributed by atoms with Crippen molar-refractivity contribution in [3.63, 3.8) is 0 Å². The fourth-order valence-electron chi connectivity index (χ4n) is 3.72. The number of rotatable bonds is 7. The van der Waals surface area contributed by atoms with E-state index in [1.807, 2.05) is 0 Å². The molecule has 2 atom stereocenters. The average Bonchev–Trinajstić information content (AvgIpc) is 2.82. The molecule has 1 aromatic heterocycles. The third kappa shape index (κ3) is 6.14. The Labute approximate surface area is 196 Å². The number of carbonyl (C=O) groups excluding carboxylic acids is 3. The van der Waals surface area contributed by atoms with Crippen LogP contribution in [0.3, 0.4) is 0 Å². The number of sulfonamides is 1. The molecular weight excluding hydrogens is 467 g/mol. The monoisotopic (exact) mass is 492 g/mol. The molecule has 0 radical (unpaired) electrons. The van der Waals surface area contributed by atoms with E-state index >= 15 is 0 Å². The summed E-state index contributed by atoms with van der Waals surface area (Å²) in [5.74, 6) is -2.61. The molecule has 10 nitrogen and oxygen atoms in total. The molecule has 0 spiro atoms. The number of hydrogen-bond donors (Lipinski definition) is 1. The van der Waals surface area contributed by atoms with Crippen LogP contribution in [-0.2, 0) is 30.8 Å². The van der Waals surface area contributed by atoms with E-state index in [2.05, 4.69) is 10.3 Å². The second-order valence-electron chi connectivity index (χ2n) is 7.80. The van der Waals surface area contributed by atoms with Crippen molar-refractivity contribution >= 4 is 27.8 Å². The molecule has 0 saturated carbocycles. The molecule has 2 amide bonds. The number of pyridine rings is 1. The molecular formula is C22H25FN4O6S. The van der Waals surface area contributed by atoms with Crippen molar-refractivity contribution in [1.82, 2.24) is 19.5 Å². The first-order chi connectivity index (χ1) is 16.1. The summed E-state index contributed by atoms with van der Waals surface area (Å²) in [6.07, 6.45) is 4.13. The second-order valence-corrected chi connectivity index (χ2v) is 9.74. The number of nitrogens with zero attached hydrogens (tertiary/aromatic N) is 3. The molecule has 1 aliphatic rings. The van der Waals surface area contributed by atoms with Crippen molar-refractivity contribution in [3.8, 4) is 0 Å². The molecule has 0 bridgehead atoms. The lowest BCUT2D eigenvalue weighted by Gasteiger charge is -2.39. The number of esters is 1. The van der Waals surface area contributed by atoms with Crippen LogP contribution >= 0.6 is 0 Å². The molecule has 2 heterocycles. The van der Waals surface area contributed by atoms with E-state index < -0.39 is 45.7 Å². The average molecular weight is 493 g/mol. The minimum Gasteiger partial charge on any atom is -0.467 e. The second kappa shape index (κ2) is 10.7. The van der Waals surface area contributed by atoms with Gasteiger partial charge in [-0.1, -0.05) is 12.1 Å². The SMILES string of the molecule is COC(=O)[C@@H](Cc1cccnc1)NC(=O)[C@@H]1CN(C(=O)c2cccc(F)c2)CCN1S(C)(=O)=O. The molecule has 12 heteroatoms. The van der Waals surface area contributed by atoms with Gasteiger partial charge < -0.3 is 15.0 Å². The highest BCUT2D eigenvalue weighted by atomic mass is 32.2. The Morgan fingerprint density at radius 1 is 1.24 bits per heavy atom. The Balaban J connectivity index is 1.83. The van der Waals surface area contributed by atoms with Crippen LogP contribution in [0.5, 0.6) is 0 Å². The molecule has 1 fully saturated rings. The summed E-state index contributed by atoms with van der Waals surface area (Å²) in [6, 6.07) is 6.10. The Kier molecular flexibility index (Phi) is 7.94. The van der Waals surface area contributed by atoms with Gasteiger partial charge in [-0.3, -0.25) is 14.6 Å². The van der Waals surface area contributed by atoms with Gasteiger partial charge in [-0.05, 0) is 29.8 Å². The number of amides is 2. The van der Waals surface area contributed by atoms with Gasteiger partial charge in [0.1, 0.15) is 17.9 Å². The van der Waals surface area contributed by atoms with E-state index in [4.69, 9.17) is 4.74 Å². The fourth-order valence-corrected chi connectivity index (χ4v) is 4.76. The van der Waals surface area contributed by atoms with Gasteiger partial charge in [-0.25, -0.2) is 17.6 Å². The molecule has 1 saturated heterocycles. The van der Waals surface area contributed by atoms with Gasteiger partial charge >= 0.3 is 5.97 Å². The van der Waals surface area contributed by atoms with Crippen molar-refractivity contribution in [1.29, 1.82) is 0 Å². The number of halogens is 1. The molecule has 182 valence electrons. The number of carbonyl (C=O) groups is 3. The molecule has 3 rings (SSSR count). The zero-order valence-corrected chi connectivity index (χ0v) is 19.5. The maximum atomic E-state index is 13.6. The lowest BCUT2D eigenvalue weighted by molar-refractivity contribution is -0.145. The van der Waals surface area contributed by atoms with E-state index in [1.54, 1.807) is 18.3 Å². The zero-order chi connectivity index (χ0) is 24.9. The van der Waals surface area contributed by atoms with Crippen LogP contribution in [0.25, 0.3) is 0 Å². The highest BCUT2D eigenvalue weighted by Gasteiger charge is 2.40. The Morgan fingerprint density at radius 2 is 2.00 bits per heavy atom. The number of nitrogens with one attached hydrogen (secondary N) is 1. The number of methoxy groups -OCH3 is 1. The Hall–Kier alpha value is -3.38. The number of aromatic nitrogens is 1. The molecule has 0 unspecified atom stereocenters. The molecule has 2 aromatic rings. The van der Waals surface area contributed by atoms with Gasteiger partial charge in [0, 0.05) is 44.0 Å². The van der Waals surface area contributed by atoms with Crippen LogP contribution in [0.1, 0.15) is 15.9 Å². The standard InChI is InChI=1S/C22H25FN4O6S/c1-33-22(30)18(11-15-5-4-8-24-13-15)25-20(28)19-14-26(9-10-27(19)34(2,31)32)21(29)16-6-3-7-17(23)12-16/h3-8,12-13,18-19H,9-11,14H2,1-2H3,(H,25,28)/t18-,19+/m1/s1. The summed E-state index contributed by atoms with van der Waals surface area (Å²) in [5.41, 5.74) is 0.737. The largest absolute Gasteiger partial charge is 0.467 e. The fraction of sp³-hybridized carbons (Fsp3) is 0.364. The molecule has 1 aliphatic heterocycles. The summed E-state index contributed by atoms with van der Waals surface area (Å²) >= 11 is 0. The lowest BCUT2D eigenvalue weighted by atomic mass is 10.1. The smallest absolute Gasteiger partial charge is 0.328 e.